The number of halogens is 4. The highest BCUT2D eigenvalue weighted by Crippen LogP contribution is 2.37. The molecule has 0 saturated carbocycles. The second-order valence-electron chi connectivity index (χ2n) is 6.04. The maximum atomic E-state index is 13.4. The molecule has 0 bridgehead atoms. The lowest BCUT2D eigenvalue weighted by atomic mass is 9.98. The van der Waals surface area contributed by atoms with Crippen molar-refractivity contribution in [1.82, 2.24) is 5.48 Å². The van der Waals surface area contributed by atoms with E-state index < -0.39 is 17.5 Å². The van der Waals surface area contributed by atoms with Crippen molar-refractivity contribution >= 4 is 28.4 Å². The van der Waals surface area contributed by atoms with E-state index in [9.17, 15) is 18.3 Å². The maximum absolute atomic E-state index is 13.4. The van der Waals surface area contributed by atoms with Gasteiger partial charge in [0.2, 0.25) is 0 Å². The summed E-state index contributed by atoms with van der Waals surface area (Å²) in [5, 5.41) is 9.41. The molecular formula is C17H14F3IN2O2. The molecular weight excluding hydrogens is 448 g/mol. The van der Waals surface area contributed by atoms with Crippen LogP contribution in [0.1, 0.15) is 25.0 Å². The highest BCUT2D eigenvalue weighted by molar-refractivity contribution is 14.1. The Bertz CT molecular complexity index is 846. The number of hydroxylamine groups is 1. The van der Waals surface area contributed by atoms with Gasteiger partial charge in [-0.2, -0.15) is 13.2 Å². The summed E-state index contributed by atoms with van der Waals surface area (Å²) in [6.45, 7) is 3.41. The van der Waals surface area contributed by atoms with Crippen molar-refractivity contribution in [3.63, 3.8) is 0 Å². The summed E-state index contributed by atoms with van der Waals surface area (Å²) in [6, 6.07) is 8.16. The number of aliphatic imine (C=N–C) groups is 1. The van der Waals surface area contributed by atoms with Gasteiger partial charge in [-0.25, -0.2) is 15.3 Å². The fourth-order valence-electron chi connectivity index (χ4n) is 2.41. The number of rotatable bonds is 2. The first-order valence-electron chi connectivity index (χ1n) is 7.31. The van der Waals surface area contributed by atoms with Crippen LogP contribution < -0.4 is 5.48 Å². The number of hydrogen-bond donors (Lipinski definition) is 2. The van der Waals surface area contributed by atoms with E-state index in [-0.39, 0.29) is 11.6 Å². The van der Waals surface area contributed by atoms with E-state index in [2.05, 4.69) is 10.5 Å². The Morgan fingerprint density at radius 2 is 1.72 bits per heavy atom. The second-order valence-corrected chi connectivity index (χ2v) is 7.12. The average Bonchev–Trinajstić information content (AvgIpc) is 2.87. The first-order valence-corrected chi connectivity index (χ1v) is 8.39. The number of alkyl halides is 3. The molecule has 0 aromatic heterocycles. The molecule has 132 valence electrons. The summed E-state index contributed by atoms with van der Waals surface area (Å²) < 4.78 is 40.7. The zero-order chi connectivity index (χ0) is 18.4. The van der Waals surface area contributed by atoms with Crippen molar-refractivity contribution in [3.05, 3.63) is 51.1 Å². The molecule has 1 aliphatic rings. The third-order valence-electron chi connectivity index (χ3n) is 3.61. The van der Waals surface area contributed by atoms with Gasteiger partial charge < -0.3 is 5.11 Å². The fraction of sp³-hybridized carbons (Fsp3) is 0.235. The minimum Gasteiger partial charge on any atom is -0.508 e. The lowest BCUT2D eigenvalue weighted by molar-refractivity contribution is -0.137. The SMILES string of the molecule is CC1(C)N=C(c2cc(C(F)(F)F)cc(-c3ccc(O)cc3)c2I)NO1. The third kappa shape index (κ3) is 3.74. The van der Waals surface area contributed by atoms with Gasteiger partial charge in [0.15, 0.2) is 11.6 Å². The first-order chi connectivity index (χ1) is 11.6. The predicted octanol–water partition coefficient (Wildman–Crippen LogP) is 4.70. The van der Waals surface area contributed by atoms with Gasteiger partial charge in [0.25, 0.3) is 0 Å². The molecule has 0 spiro atoms. The van der Waals surface area contributed by atoms with Crippen molar-refractivity contribution in [1.29, 1.82) is 0 Å². The lowest BCUT2D eigenvalue weighted by Gasteiger charge is -2.15. The molecule has 1 aliphatic heterocycles. The smallest absolute Gasteiger partial charge is 0.416 e. The first kappa shape index (κ1) is 18.0. The van der Waals surface area contributed by atoms with Gasteiger partial charge >= 0.3 is 6.18 Å². The number of phenolic OH excluding ortho intramolecular Hbond substituents is 1. The van der Waals surface area contributed by atoms with Crippen LogP contribution in [-0.2, 0) is 11.0 Å². The maximum Gasteiger partial charge on any atom is 0.416 e. The van der Waals surface area contributed by atoms with Gasteiger partial charge in [0, 0.05) is 9.13 Å². The third-order valence-corrected chi connectivity index (χ3v) is 4.77. The Kier molecular flexibility index (Phi) is 4.44. The van der Waals surface area contributed by atoms with Crippen LogP contribution >= 0.6 is 22.6 Å². The van der Waals surface area contributed by atoms with Gasteiger partial charge in [0.05, 0.1) is 5.56 Å². The Balaban J connectivity index is 2.22. The van der Waals surface area contributed by atoms with E-state index in [1.165, 1.54) is 12.1 Å². The van der Waals surface area contributed by atoms with E-state index in [0.29, 0.717) is 20.3 Å². The molecule has 2 aromatic carbocycles. The van der Waals surface area contributed by atoms with Gasteiger partial charge in [-0.15, -0.1) is 0 Å². The topological polar surface area (TPSA) is 53.9 Å². The lowest BCUT2D eigenvalue weighted by Crippen LogP contribution is -2.24. The molecule has 3 rings (SSSR count). The molecule has 25 heavy (non-hydrogen) atoms. The van der Waals surface area contributed by atoms with Crippen molar-refractivity contribution in [2.24, 2.45) is 4.99 Å². The number of hydrogen-bond acceptors (Lipinski definition) is 4. The number of benzene rings is 2. The minimum absolute atomic E-state index is 0.0444. The number of aromatic hydroxyl groups is 1. The monoisotopic (exact) mass is 462 g/mol. The van der Waals surface area contributed by atoms with Crippen molar-refractivity contribution in [2.45, 2.75) is 25.7 Å². The summed E-state index contributed by atoms with van der Waals surface area (Å²) in [7, 11) is 0. The summed E-state index contributed by atoms with van der Waals surface area (Å²) >= 11 is 1.99. The number of nitrogens with zero attached hydrogens (tertiary/aromatic N) is 1. The molecule has 0 radical (unpaired) electrons. The normalized spacial score (nSPS) is 16.5. The molecule has 0 amide bonds. The van der Waals surface area contributed by atoms with E-state index in [0.717, 1.165) is 12.1 Å². The quantitative estimate of drug-likeness (QED) is 0.637. The van der Waals surface area contributed by atoms with Crippen molar-refractivity contribution in [3.8, 4) is 16.9 Å². The molecule has 0 atom stereocenters. The van der Waals surface area contributed by atoms with Gasteiger partial charge in [-0.3, -0.25) is 0 Å². The molecule has 0 saturated heterocycles. The van der Waals surface area contributed by atoms with Crippen LogP contribution in [0.5, 0.6) is 5.75 Å². The zero-order valence-electron chi connectivity index (χ0n) is 13.3. The summed E-state index contributed by atoms with van der Waals surface area (Å²) in [6.07, 6.45) is -4.50. The van der Waals surface area contributed by atoms with Crippen LogP contribution in [0, 0.1) is 3.57 Å². The summed E-state index contributed by atoms with van der Waals surface area (Å²) in [5.74, 6) is 0.295. The molecule has 0 unspecified atom stereocenters. The molecule has 4 nitrogen and oxygen atoms in total. The standard InChI is InChI=1S/C17H14F3IN2O2/c1-16(2)22-15(23-25-16)13-8-10(17(18,19)20)7-12(14(13)21)9-3-5-11(24)6-4-9/h3-8,24H,1-2H3,(H,22,23). The molecule has 2 N–H and O–H groups in total. The Hall–Kier alpha value is -1.81. The minimum atomic E-state index is -4.50. The number of phenols is 1. The van der Waals surface area contributed by atoms with E-state index in [1.54, 1.807) is 26.0 Å². The molecule has 0 aliphatic carbocycles. The summed E-state index contributed by atoms with van der Waals surface area (Å²) in [4.78, 5) is 9.57. The van der Waals surface area contributed by atoms with Crippen LogP contribution in [0.4, 0.5) is 13.2 Å². The van der Waals surface area contributed by atoms with Gasteiger partial charge in [-0.1, -0.05) is 12.1 Å². The zero-order valence-corrected chi connectivity index (χ0v) is 15.4. The highest BCUT2D eigenvalue weighted by Gasteiger charge is 2.34. The van der Waals surface area contributed by atoms with Gasteiger partial charge in [-0.05, 0) is 71.8 Å². The molecule has 0 fully saturated rings. The number of amidine groups is 1. The van der Waals surface area contributed by atoms with Crippen LogP contribution in [0.25, 0.3) is 11.1 Å². The summed E-state index contributed by atoms with van der Waals surface area (Å²) in [5.41, 5.74) is 2.25. The van der Waals surface area contributed by atoms with Gasteiger partial charge in [0.1, 0.15) is 5.75 Å². The van der Waals surface area contributed by atoms with E-state index in [1.807, 2.05) is 22.6 Å². The Labute approximate surface area is 155 Å². The van der Waals surface area contributed by atoms with Crippen LogP contribution in [0.2, 0.25) is 0 Å². The van der Waals surface area contributed by atoms with Crippen LogP contribution in [-0.4, -0.2) is 16.7 Å². The van der Waals surface area contributed by atoms with E-state index >= 15 is 0 Å². The fourth-order valence-corrected chi connectivity index (χ4v) is 3.29. The van der Waals surface area contributed by atoms with Crippen LogP contribution in [0.15, 0.2) is 41.4 Å². The average molecular weight is 462 g/mol. The second kappa shape index (κ2) is 6.17. The van der Waals surface area contributed by atoms with E-state index in [4.69, 9.17) is 4.84 Å². The highest BCUT2D eigenvalue weighted by atomic mass is 127. The molecule has 2 aromatic rings. The molecule has 8 heteroatoms. The Morgan fingerprint density at radius 3 is 2.24 bits per heavy atom. The largest absolute Gasteiger partial charge is 0.508 e. The van der Waals surface area contributed by atoms with Crippen molar-refractivity contribution in [2.75, 3.05) is 0 Å². The molecule has 1 heterocycles. The van der Waals surface area contributed by atoms with Crippen molar-refractivity contribution < 1.29 is 23.1 Å². The Morgan fingerprint density at radius 1 is 1.12 bits per heavy atom. The van der Waals surface area contributed by atoms with Crippen LogP contribution in [0.3, 0.4) is 0 Å². The predicted molar refractivity (Wildman–Crippen MR) is 96.1 cm³/mol. The number of nitrogens with one attached hydrogen (secondary N) is 1.